The van der Waals surface area contributed by atoms with E-state index in [0.29, 0.717) is 5.76 Å². The molecule has 1 atom stereocenters. The van der Waals surface area contributed by atoms with E-state index in [4.69, 9.17) is 21.1 Å². The van der Waals surface area contributed by atoms with Crippen molar-refractivity contribution in [2.75, 3.05) is 5.88 Å². The van der Waals surface area contributed by atoms with Crippen LogP contribution in [0.3, 0.4) is 0 Å². The molecule has 1 aromatic rings. The highest BCUT2D eigenvalue weighted by Crippen LogP contribution is 2.13. The van der Waals surface area contributed by atoms with Gasteiger partial charge in [0.25, 0.3) is 0 Å². The van der Waals surface area contributed by atoms with Crippen molar-refractivity contribution in [3.63, 3.8) is 0 Å². The van der Waals surface area contributed by atoms with Gasteiger partial charge in [-0.2, -0.15) is 0 Å². The molecule has 1 N–H and O–H groups in total. The van der Waals surface area contributed by atoms with E-state index in [9.17, 15) is 0 Å². The summed E-state index contributed by atoms with van der Waals surface area (Å²) < 4.78 is 4.85. The first kappa shape index (κ1) is 6.65. The lowest BCUT2D eigenvalue weighted by Crippen LogP contribution is -1.95. The lowest BCUT2D eigenvalue weighted by Gasteiger charge is -1.99. The number of aliphatic hydroxyl groups is 1. The minimum atomic E-state index is -0.665. The topological polar surface area (TPSA) is 33.4 Å². The van der Waals surface area contributed by atoms with Crippen molar-refractivity contribution in [3.8, 4) is 0 Å². The van der Waals surface area contributed by atoms with Crippen molar-refractivity contribution >= 4 is 11.6 Å². The van der Waals surface area contributed by atoms with Crippen molar-refractivity contribution in [1.29, 1.82) is 0 Å². The molecule has 1 rings (SSSR count). The molecule has 0 aliphatic heterocycles. The van der Waals surface area contributed by atoms with Crippen molar-refractivity contribution in [2.45, 2.75) is 6.10 Å². The van der Waals surface area contributed by atoms with Gasteiger partial charge < -0.3 is 9.52 Å². The summed E-state index contributed by atoms with van der Waals surface area (Å²) in [5.74, 6) is 0.693. The zero-order valence-electron chi connectivity index (χ0n) is 4.75. The number of aliphatic hydroxyl groups excluding tert-OH is 1. The van der Waals surface area contributed by atoms with Crippen LogP contribution in [0.4, 0.5) is 0 Å². The van der Waals surface area contributed by atoms with E-state index in [0.717, 1.165) is 0 Å². The third-order valence-corrected chi connectivity index (χ3v) is 1.31. The summed E-state index contributed by atoms with van der Waals surface area (Å²) >= 11 is 5.33. The maximum absolute atomic E-state index is 8.99. The Morgan fingerprint density at radius 2 is 2.56 bits per heavy atom. The van der Waals surface area contributed by atoms with Crippen molar-refractivity contribution < 1.29 is 9.52 Å². The van der Waals surface area contributed by atoms with E-state index in [2.05, 4.69) is 0 Å². The molecule has 0 saturated heterocycles. The molecule has 0 aliphatic rings. The van der Waals surface area contributed by atoms with Gasteiger partial charge in [0.1, 0.15) is 11.9 Å². The van der Waals surface area contributed by atoms with Gasteiger partial charge >= 0.3 is 0 Å². The Bertz CT molecular complexity index is 160. The Balaban J connectivity index is 2.65. The number of hydrogen-bond donors (Lipinski definition) is 1. The molecule has 3 heteroatoms. The van der Waals surface area contributed by atoms with Gasteiger partial charge in [-0.05, 0) is 12.1 Å². The average Bonchev–Trinajstić information content (AvgIpc) is 2.37. The van der Waals surface area contributed by atoms with Crippen LogP contribution in [0.5, 0.6) is 0 Å². The summed E-state index contributed by atoms with van der Waals surface area (Å²) in [5.41, 5.74) is 0. The van der Waals surface area contributed by atoms with Crippen LogP contribution in [0.2, 0.25) is 0 Å². The van der Waals surface area contributed by atoms with Crippen LogP contribution >= 0.6 is 11.6 Å². The van der Waals surface area contributed by atoms with Crippen LogP contribution in [0.25, 0.3) is 0 Å². The molecule has 50 valence electrons. The van der Waals surface area contributed by atoms with E-state index in [1.807, 2.05) is 0 Å². The molecule has 0 aliphatic carbocycles. The first-order valence-electron chi connectivity index (χ1n) is 2.62. The van der Waals surface area contributed by atoms with Crippen molar-refractivity contribution in [2.24, 2.45) is 0 Å². The number of furan rings is 1. The normalized spacial score (nSPS) is 13.6. The van der Waals surface area contributed by atoms with Crippen LogP contribution < -0.4 is 0 Å². The van der Waals surface area contributed by atoms with Crippen LogP contribution in [0.1, 0.15) is 11.9 Å². The quantitative estimate of drug-likeness (QED) is 0.643. The first-order chi connectivity index (χ1) is 4.34. The Morgan fingerprint density at radius 1 is 1.78 bits per heavy atom. The molecular weight excluding hydrogens is 140 g/mol. The third-order valence-electron chi connectivity index (χ3n) is 1.02. The zero-order valence-corrected chi connectivity index (χ0v) is 5.51. The van der Waals surface area contributed by atoms with Gasteiger partial charge in [-0.15, -0.1) is 11.6 Å². The molecule has 0 saturated carbocycles. The highest BCUT2D eigenvalue weighted by Gasteiger charge is 2.06. The Labute approximate surface area is 58.1 Å². The molecule has 2 nitrogen and oxygen atoms in total. The largest absolute Gasteiger partial charge is 0.467 e. The molecule has 0 spiro atoms. The second-order valence-corrected chi connectivity index (χ2v) is 1.99. The summed E-state index contributed by atoms with van der Waals surface area (Å²) in [6, 6.07) is 3.40. The molecule has 0 aromatic carbocycles. The highest BCUT2D eigenvalue weighted by atomic mass is 35.5. The Hall–Kier alpha value is -0.470. The second-order valence-electron chi connectivity index (χ2n) is 1.69. The number of halogens is 1. The molecular formula is C6H7ClO2. The molecule has 0 bridgehead atoms. The predicted molar refractivity (Wildman–Crippen MR) is 34.4 cm³/mol. The third kappa shape index (κ3) is 1.47. The van der Waals surface area contributed by atoms with E-state index in [1.165, 1.54) is 6.26 Å². The monoisotopic (exact) mass is 146 g/mol. The van der Waals surface area contributed by atoms with Gasteiger partial charge in [0.15, 0.2) is 0 Å². The van der Waals surface area contributed by atoms with E-state index >= 15 is 0 Å². The molecule has 0 radical (unpaired) electrons. The van der Waals surface area contributed by atoms with Crippen LogP contribution in [-0.2, 0) is 0 Å². The fourth-order valence-electron chi connectivity index (χ4n) is 0.557. The molecule has 9 heavy (non-hydrogen) atoms. The summed E-state index contributed by atoms with van der Waals surface area (Å²) in [5, 5.41) is 8.99. The fourth-order valence-corrected chi connectivity index (χ4v) is 0.709. The van der Waals surface area contributed by atoms with Gasteiger partial charge in [0.05, 0.1) is 12.1 Å². The smallest absolute Gasteiger partial charge is 0.133 e. The zero-order chi connectivity index (χ0) is 6.69. The minimum Gasteiger partial charge on any atom is -0.467 e. The molecule has 1 heterocycles. The number of hydrogen-bond acceptors (Lipinski definition) is 2. The minimum absolute atomic E-state index is 0.174. The SMILES string of the molecule is O[C@H](CCl)c1ccco1. The first-order valence-corrected chi connectivity index (χ1v) is 3.15. The summed E-state index contributed by atoms with van der Waals surface area (Å²) in [4.78, 5) is 0. The number of alkyl halides is 1. The van der Waals surface area contributed by atoms with Crippen LogP contribution in [0, 0.1) is 0 Å². The predicted octanol–water partition coefficient (Wildman–Crippen LogP) is 1.55. The maximum atomic E-state index is 8.99. The molecule has 0 amide bonds. The fraction of sp³-hybridized carbons (Fsp3) is 0.333. The molecule has 0 fully saturated rings. The van der Waals surface area contributed by atoms with E-state index in [1.54, 1.807) is 12.1 Å². The highest BCUT2D eigenvalue weighted by molar-refractivity contribution is 6.18. The van der Waals surface area contributed by atoms with E-state index in [-0.39, 0.29) is 5.88 Å². The lowest BCUT2D eigenvalue weighted by atomic mass is 10.3. The average molecular weight is 147 g/mol. The second kappa shape index (κ2) is 2.90. The molecule has 0 unspecified atom stereocenters. The summed E-state index contributed by atoms with van der Waals surface area (Å²) in [6.45, 7) is 0. The van der Waals surface area contributed by atoms with Gasteiger partial charge in [0.2, 0.25) is 0 Å². The summed E-state index contributed by atoms with van der Waals surface area (Å²) in [7, 11) is 0. The van der Waals surface area contributed by atoms with Gasteiger partial charge in [-0.25, -0.2) is 0 Å². The molecule has 1 aromatic heterocycles. The standard InChI is InChI=1S/C6H7ClO2/c7-4-5(8)6-2-1-3-9-6/h1-3,5,8H,4H2/t5-/m1/s1. The van der Waals surface area contributed by atoms with Gasteiger partial charge in [-0.1, -0.05) is 0 Å². The maximum Gasteiger partial charge on any atom is 0.133 e. The summed E-state index contributed by atoms with van der Waals surface area (Å²) in [6.07, 6.45) is 0.840. The van der Waals surface area contributed by atoms with E-state index < -0.39 is 6.10 Å². The van der Waals surface area contributed by atoms with Crippen molar-refractivity contribution in [1.82, 2.24) is 0 Å². The lowest BCUT2D eigenvalue weighted by molar-refractivity contribution is 0.172. The van der Waals surface area contributed by atoms with Gasteiger partial charge in [0, 0.05) is 0 Å². The van der Waals surface area contributed by atoms with Gasteiger partial charge in [-0.3, -0.25) is 0 Å². The van der Waals surface area contributed by atoms with Crippen LogP contribution in [0.15, 0.2) is 22.8 Å². The van der Waals surface area contributed by atoms with Crippen LogP contribution in [-0.4, -0.2) is 11.0 Å². The van der Waals surface area contributed by atoms with Crippen molar-refractivity contribution in [3.05, 3.63) is 24.2 Å². The Morgan fingerprint density at radius 3 is 3.00 bits per heavy atom. The number of rotatable bonds is 2. The Kier molecular flexibility index (Phi) is 2.14.